The Labute approximate surface area is 537 Å². The van der Waals surface area contributed by atoms with Crippen LogP contribution in [0.4, 0.5) is 35.1 Å². The van der Waals surface area contributed by atoms with Gasteiger partial charge in [0.05, 0.1) is 44.6 Å². The van der Waals surface area contributed by atoms with E-state index in [0.717, 1.165) is 44.6 Å². The molecule has 454 valence electrons. The maximum absolute atomic E-state index is 12.2. The first kappa shape index (κ1) is 75.9. The smallest absolute Gasteiger partial charge is 0.231 e. The molecule has 0 aliphatic carbocycles. The Bertz CT molecular complexity index is 3290. The summed E-state index contributed by atoms with van der Waals surface area (Å²) in [5.74, 6) is 40.8. The summed E-state index contributed by atoms with van der Waals surface area (Å²) >= 11 is -0.631. The average molecular weight is 1400 g/mol. The Morgan fingerprint density at radius 1 is 0.256 bits per heavy atom. The van der Waals surface area contributed by atoms with Crippen LogP contribution in [0.25, 0.3) is 0 Å². The lowest BCUT2D eigenvalue weighted by atomic mass is 9.82. The summed E-state index contributed by atoms with van der Waals surface area (Å²) in [6.07, 6.45) is 0. The number of hydrogen-bond acceptors (Lipinski definition) is 2. The number of rotatable bonds is 3. The van der Waals surface area contributed by atoms with E-state index in [9.17, 15) is 35.1 Å². The molecule has 0 N–H and O–H groups in total. The number of hydrogen-bond donors (Lipinski definition) is 0. The number of allylic oxidation sites excluding steroid dienone is 4. The molecule has 0 radical (unpaired) electrons. The topological polar surface area (TPSA) is 25.8 Å². The van der Waals surface area contributed by atoms with Gasteiger partial charge in [-0.3, -0.25) is 0 Å². The zero-order valence-electron chi connectivity index (χ0n) is 54.1. The number of halogens is 10. The molecule has 2 aromatic heterocycles. The molecule has 1 aliphatic rings. The molecule has 3 rings (SSSR count). The van der Waals surface area contributed by atoms with Crippen LogP contribution < -0.4 is 0 Å². The van der Waals surface area contributed by atoms with Crippen LogP contribution in [0.2, 0.25) is 0 Å². The second-order valence-electron chi connectivity index (χ2n) is 28.5. The first-order valence-electron chi connectivity index (χ1n) is 27.5. The van der Waals surface area contributed by atoms with Crippen LogP contribution in [0.5, 0.6) is 0 Å². The van der Waals surface area contributed by atoms with Crippen molar-refractivity contribution in [2.45, 2.75) is 186 Å². The van der Waals surface area contributed by atoms with Crippen molar-refractivity contribution in [2.75, 3.05) is 0 Å². The highest BCUT2D eigenvalue weighted by molar-refractivity contribution is 14.1. The van der Waals surface area contributed by atoms with Gasteiger partial charge in [-0.25, -0.2) is 9.97 Å². The van der Waals surface area contributed by atoms with E-state index in [1.165, 1.54) is 0 Å². The molecular formula is C74H78F8I2N2. The van der Waals surface area contributed by atoms with Crippen molar-refractivity contribution in [1.29, 1.82) is 0 Å². The van der Waals surface area contributed by atoms with Crippen molar-refractivity contribution in [3.63, 3.8) is 0 Å². The van der Waals surface area contributed by atoms with E-state index in [-0.39, 0.29) is 88.5 Å². The number of aromatic nitrogens is 2. The fraction of sp³-hybridized carbons (Fsp3) is 0.486. The predicted molar refractivity (Wildman–Crippen MR) is 353 cm³/mol. The Balaban J connectivity index is 0.00000159. The highest BCUT2D eigenvalue weighted by Crippen LogP contribution is 2.56. The quantitative estimate of drug-likeness (QED) is 0.101. The van der Waals surface area contributed by atoms with Crippen LogP contribution in [0.1, 0.15) is 189 Å². The van der Waals surface area contributed by atoms with Crippen LogP contribution in [0.15, 0.2) is 104 Å². The first-order valence-corrected chi connectivity index (χ1v) is 29.7. The maximum Gasteiger partial charge on any atom is 0.388 e. The van der Waals surface area contributed by atoms with Gasteiger partial charge in [0, 0.05) is 88.5 Å². The van der Waals surface area contributed by atoms with Crippen LogP contribution in [-0.4, -0.2) is 29.7 Å². The van der Waals surface area contributed by atoms with Gasteiger partial charge in [0.1, 0.15) is 22.8 Å². The molecule has 2 aromatic rings. The number of fused-ring (bicyclic) bond motifs is 4. The Morgan fingerprint density at radius 3 is 0.547 bits per heavy atom. The predicted octanol–water partition coefficient (Wildman–Crippen LogP) is 20.1. The molecule has 0 atom stereocenters. The van der Waals surface area contributed by atoms with E-state index < -0.39 is 19.7 Å². The van der Waals surface area contributed by atoms with Crippen LogP contribution in [0.3, 0.4) is 0 Å². The zero-order valence-corrected chi connectivity index (χ0v) is 58.5. The molecular weight excluding hydrogens is 1320 g/mol. The molecule has 4 bridgehead atoms. The van der Waals surface area contributed by atoms with E-state index in [2.05, 4.69) is 284 Å². The van der Waals surface area contributed by atoms with Crippen molar-refractivity contribution in [2.24, 2.45) is 43.3 Å². The largest absolute Gasteiger partial charge is 0.388 e. The number of alkyl halides is 10. The highest BCUT2D eigenvalue weighted by atomic mass is 127. The molecule has 0 saturated carbocycles. The van der Waals surface area contributed by atoms with Crippen molar-refractivity contribution in [3.05, 3.63) is 127 Å². The third-order valence-electron chi connectivity index (χ3n) is 11.7. The summed E-state index contributed by atoms with van der Waals surface area (Å²) in [5.41, 5.74) is 20.7. The average Bonchev–Trinajstić information content (AvgIpc) is 0.844. The van der Waals surface area contributed by atoms with Crippen molar-refractivity contribution in [1.82, 2.24) is 9.97 Å². The molecule has 0 aromatic carbocycles. The van der Waals surface area contributed by atoms with Gasteiger partial charge in [0.2, 0.25) is 0 Å². The van der Waals surface area contributed by atoms with Gasteiger partial charge in [0.25, 0.3) is 0 Å². The molecule has 3 heterocycles. The lowest BCUT2D eigenvalue weighted by Gasteiger charge is -2.31. The minimum absolute atomic E-state index is 0.315. The number of pyridine rings is 2. The fourth-order valence-electron chi connectivity index (χ4n) is 6.14. The minimum atomic E-state index is -6.12. The normalized spacial score (nSPS) is 14.7. The van der Waals surface area contributed by atoms with E-state index in [0.29, 0.717) is 22.8 Å². The molecule has 0 spiro atoms. The summed E-state index contributed by atoms with van der Waals surface area (Å²) in [5, 5.41) is 0. The fourth-order valence-corrected chi connectivity index (χ4v) is 6.81. The highest BCUT2D eigenvalue weighted by Gasteiger charge is 2.79. The summed E-state index contributed by atoms with van der Waals surface area (Å²) in [7, 11) is 0. The van der Waals surface area contributed by atoms with Crippen molar-refractivity contribution < 1.29 is 35.1 Å². The molecule has 1 aliphatic heterocycles. The Kier molecular flexibility index (Phi) is 24.9. The monoisotopic (exact) mass is 1400 g/mol. The van der Waals surface area contributed by atoms with Gasteiger partial charge in [-0.05, 0) is 95.3 Å². The Hall–Kier alpha value is -6.24. The summed E-state index contributed by atoms with van der Waals surface area (Å²) in [6.45, 7) is 51.1. The van der Waals surface area contributed by atoms with E-state index in [1.807, 2.05) is 36.4 Å². The van der Waals surface area contributed by atoms with E-state index in [1.54, 1.807) is 0 Å². The third-order valence-corrected chi connectivity index (χ3v) is 13.1. The van der Waals surface area contributed by atoms with Crippen molar-refractivity contribution in [3.8, 4) is 94.7 Å². The first-order chi connectivity index (χ1) is 38.5. The van der Waals surface area contributed by atoms with Gasteiger partial charge in [-0.1, -0.05) is 225 Å². The summed E-state index contributed by atoms with van der Waals surface area (Å²) < 4.78 is 86.1. The van der Waals surface area contributed by atoms with Gasteiger partial charge in [-0.15, -0.1) is 0 Å². The lowest BCUT2D eigenvalue weighted by Crippen LogP contribution is -2.58. The molecule has 2 nitrogen and oxygen atoms in total. The zero-order chi connectivity index (χ0) is 66.7. The molecule has 12 heteroatoms. The van der Waals surface area contributed by atoms with Crippen LogP contribution in [0, 0.1) is 138 Å². The van der Waals surface area contributed by atoms with E-state index in [4.69, 9.17) is 9.97 Å². The summed E-state index contributed by atoms with van der Waals surface area (Å²) in [4.78, 5) is 9.73. The van der Waals surface area contributed by atoms with Gasteiger partial charge in [0.15, 0.2) is 0 Å². The molecule has 0 unspecified atom stereocenters. The molecule has 0 saturated heterocycles. The molecule has 0 fully saturated rings. The minimum Gasteiger partial charge on any atom is -0.231 e. The second-order valence-corrected chi connectivity index (χ2v) is 31.2. The summed E-state index contributed by atoms with van der Waals surface area (Å²) in [6, 6.07) is 11.5. The maximum atomic E-state index is 12.2. The van der Waals surface area contributed by atoms with Gasteiger partial charge < -0.3 is 0 Å². The number of nitrogens with zero attached hydrogens (tertiary/aromatic N) is 2. The van der Waals surface area contributed by atoms with E-state index >= 15 is 0 Å². The van der Waals surface area contributed by atoms with Gasteiger partial charge in [-0.2, -0.15) is 35.1 Å². The standard InChI is InChI=1S/C70H78N2.C4F8I2/c1-63(2,3)51-31-25-26-32-52(64(4,5)6)48-56(68(16,17)18)40-45-61-37-30-38-62(72-61)46-42-58(70(22,23)24)50-54(66(10,11)12)34-28-27-33-53(65(7,8)9)49-57(69(19,20)21)41-44-60-36-29-35-59(71-60)43-39-55(47-51)67(13,14)15;5-1(6,3(9,10)13)2(7,8)4(11,12)14/h29-30,35-38H,1-24H3;. The second kappa shape index (κ2) is 28.3. The molecule has 0 amide bonds. The van der Waals surface area contributed by atoms with Crippen LogP contribution in [-0.2, 0) is 0 Å². The van der Waals surface area contributed by atoms with Gasteiger partial charge >= 0.3 is 19.7 Å². The SMILES string of the molecule is CC(C)(C)C1=C=C(C(C)(C)C)C#Cc2cccc(n2)C#CC(C(C)(C)C)=C=C(C(C)(C)C)C#CC#CC(C(C)(C)C)=C=C(C(C)(C)C)C#Cc2cccc(n2)C#CC(C(C)(C)C)=C=C(C(C)(C)C)C#CC#C1.FC(F)(I)C(F)(F)C(F)(F)C(F)(F)I. The van der Waals surface area contributed by atoms with Crippen LogP contribution >= 0.6 is 45.2 Å². The third kappa shape index (κ3) is 23.8. The molecule has 86 heavy (non-hydrogen) atoms. The lowest BCUT2D eigenvalue weighted by molar-refractivity contribution is -0.312. The Morgan fingerprint density at radius 2 is 0.407 bits per heavy atom. The van der Waals surface area contributed by atoms with Crippen molar-refractivity contribution >= 4 is 45.2 Å².